The second-order valence-electron chi connectivity index (χ2n) is 18.4. The zero-order chi connectivity index (χ0) is 46.2. The van der Waals surface area contributed by atoms with Crippen molar-refractivity contribution in [1.29, 1.82) is 0 Å². The lowest BCUT2D eigenvalue weighted by Crippen LogP contribution is -2.74. The molecule has 0 fully saturated rings. The molecule has 0 amide bonds. The molecule has 0 saturated heterocycles. The molecule has 70 heavy (non-hydrogen) atoms. The maximum Gasteiger partial charge on any atom is 0.179 e. The Morgan fingerprint density at radius 2 is 0.614 bits per heavy atom. The minimum absolute atomic E-state index is 1.12. The maximum absolute atomic E-state index is 2.70. The number of hydrogen-bond acceptors (Lipinski definition) is 0. The molecule has 0 spiro atoms. The first-order valence-electron chi connectivity index (χ1n) is 24.2. The van der Waals surface area contributed by atoms with Crippen molar-refractivity contribution in [1.82, 2.24) is 13.7 Å². The fourth-order valence-corrected chi connectivity index (χ4v) is 16.6. The van der Waals surface area contributed by atoms with Crippen LogP contribution in [0.2, 0.25) is 0 Å². The summed E-state index contributed by atoms with van der Waals surface area (Å²) < 4.78 is 7.35. The van der Waals surface area contributed by atoms with E-state index >= 15 is 0 Å². The highest BCUT2D eigenvalue weighted by atomic mass is 28.3. The van der Waals surface area contributed by atoms with E-state index in [1.165, 1.54) is 97.3 Å². The molecule has 0 saturated carbocycles. The van der Waals surface area contributed by atoms with Gasteiger partial charge in [-0.05, 0) is 98.6 Å². The lowest BCUT2D eigenvalue weighted by Gasteiger charge is -2.34. The highest BCUT2D eigenvalue weighted by Gasteiger charge is 2.41. The van der Waals surface area contributed by atoms with E-state index in [2.05, 4.69) is 287 Å². The molecular formula is C66H45N3Si. The van der Waals surface area contributed by atoms with Crippen LogP contribution in [0.15, 0.2) is 273 Å². The third kappa shape index (κ3) is 6.00. The third-order valence-electron chi connectivity index (χ3n) is 14.8. The molecule has 0 atom stereocenters. The van der Waals surface area contributed by atoms with E-state index in [0.29, 0.717) is 0 Å². The van der Waals surface area contributed by atoms with Gasteiger partial charge in [0.1, 0.15) is 0 Å². The summed E-state index contributed by atoms with van der Waals surface area (Å²) >= 11 is 0. The average molecular weight is 908 g/mol. The number of benzene rings is 11. The van der Waals surface area contributed by atoms with Crippen molar-refractivity contribution >= 4 is 94.2 Å². The molecule has 0 aliphatic rings. The molecule has 0 radical (unpaired) electrons. The Bertz CT molecular complexity index is 4170. The maximum atomic E-state index is 2.48. The SMILES string of the molecule is c1ccc(-n2c3ccccc3c3c(-c4ccc5c6ccccc6n(-c6ccc7c8ccccc8n(-c8ccc([Si](c9ccccc9)(c9ccccc9)c9ccccc9)cc8)c7c6)c5c4)cccc32)cc1. The quantitative estimate of drug-likeness (QED) is 0.107. The van der Waals surface area contributed by atoms with Gasteiger partial charge in [-0.15, -0.1) is 0 Å². The third-order valence-corrected chi connectivity index (χ3v) is 19.6. The van der Waals surface area contributed by atoms with Crippen LogP contribution in [-0.4, -0.2) is 21.8 Å². The fourth-order valence-electron chi connectivity index (χ4n) is 11.8. The van der Waals surface area contributed by atoms with E-state index in [1.54, 1.807) is 0 Å². The van der Waals surface area contributed by atoms with Crippen molar-refractivity contribution in [3.8, 4) is 28.2 Å². The predicted octanol–water partition coefficient (Wildman–Crippen LogP) is 14.0. The van der Waals surface area contributed by atoms with Gasteiger partial charge in [-0.25, -0.2) is 0 Å². The van der Waals surface area contributed by atoms with Crippen molar-refractivity contribution < 1.29 is 0 Å². The molecule has 3 nitrogen and oxygen atoms in total. The summed E-state index contributed by atoms with van der Waals surface area (Å²) in [6.45, 7) is 0. The van der Waals surface area contributed by atoms with Gasteiger partial charge in [0.25, 0.3) is 0 Å². The molecule has 0 unspecified atom stereocenters. The highest BCUT2D eigenvalue weighted by Crippen LogP contribution is 2.42. The largest absolute Gasteiger partial charge is 0.309 e. The molecule has 4 heteroatoms. The first-order valence-corrected chi connectivity index (χ1v) is 26.2. The summed E-state index contributed by atoms with van der Waals surface area (Å²) in [6.07, 6.45) is 0. The van der Waals surface area contributed by atoms with Gasteiger partial charge in [-0.3, -0.25) is 0 Å². The minimum Gasteiger partial charge on any atom is -0.309 e. The van der Waals surface area contributed by atoms with Crippen LogP contribution < -0.4 is 20.7 Å². The topological polar surface area (TPSA) is 14.8 Å². The molecule has 11 aromatic carbocycles. The number of para-hydroxylation sites is 4. The van der Waals surface area contributed by atoms with Crippen molar-refractivity contribution in [3.63, 3.8) is 0 Å². The number of rotatable bonds is 8. The van der Waals surface area contributed by atoms with E-state index in [9.17, 15) is 0 Å². The molecule has 0 N–H and O–H groups in total. The van der Waals surface area contributed by atoms with Crippen molar-refractivity contribution in [2.24, 2.45) is 0 Å². The van der Waals surface area contributed by atoms with E-state index < -0.39 is 8.07 Å². The Labute approximate surface area is 407 Å². The van der Waals surface area contributed by atoms with E-state index in [0.717, 1.165) is 17.1 Å². The lowest BCUT2D eigenvalue weighted by atomic mass is 9.98. The van der Waals surface area contributed by atoms with E-state index in [-0.39, 0.29) is 0 Å². The van der Waals surface area contributed by atoms with Crippen molar-refractivity contribution in [2.75, 3.05) is 0 Å². The van der Waals surface area contributed by atoms with Gasteiger partial charge in [-0.1, -0.05) is 206 Å². The second kappa shape index (κ2) is 16.1. The average Bonchev–Trinajstić information content (AvgIpc) is 4.08. The van der Waals surface area contributed by atoms with Crippen LogP contribution in [0.5, 0.6) is 0 Å². The summed E-state index contributed by atoms with van der Waals surface area (Å²) in [4.78, 5) is 0. The zero-order valence-electron chi connectivity index (χ0n) is 38.3. The van der Waals surface area contributed by atoms with E-state index in [4.69, 9.17) is 0 Å². The van der Waals surface area contributed by atoms with Crippen molar-refractivity contribution in [3.05, 3.63) is 273 Å². The Balaban J connectivity index is 0.965. The van der Waals surface area contributed by atoms with Gasteiger partial charge >= 0.3 is 0 Å². The number of aromatic nitrogens is 3. The molecule has 328 valence electrons. The van der Waals surface area contributed by atoms with Gasteiger partial charge in [0, 0.05) is 49.4 Å². The Morgan fingerprint density at radius 1 is 0.229 bits per heavy atom. The van der Waals surface area contributed by atoms with Crippen molar-refractivity contribution in [2.45, 2.75) is 0 Å². The molecule has 14 rings (SSSR count). The molecule has 0 bridgehead atoms. The summed E-state index contributed by atoms with van der Waals surface area (Å²) in [5.74, 6) is 0. The van der Waals surface area contributed by atoms with Gasteiger partial charge < -0.3 is 13.7 Å². The second-order valence-corrected chi connectivity index (χ2v) is 22.2. The van der Waals surface area contributed by atoms with Crippen LogP contribution in [-0.2, 0) is 0 Å². The van der Waals surface area contributed by atoms with Crippen LogP contribution in [0.25, 0.3) is 93.6 Å². The van der Waals surface area contributed by atoms with Gasteiger partial charge in [-0.2, -0.15) is 0 Å². The number of fused-ring (bicyclic) bond motifs is 9. The van der Waals surface area contributed by atoms with Gasteiger partial charge in [0.2, 0.25) is 0 Å². The molecular weight excluding hydrogens is 863 g/mol. The van der Waals surface area contributed by atoms with Crippen LogP contribution in [0.4, 0.5) is 0 Å². The normalized spacial score (nSPS) is 12.0. The minimum atomic E-state index is -2.70. The predicted molar refractivity (Wildman–Crippen MR) is 299 cm³/mol. The molecule has 14 aromatic rings. The Hall–Kier alpha value is -8.96. The molecule has 0 aliphatic heterocycles. The van der Waals surface area contributed by atoms with Crippen LogP contribution in [0, 0.1) is 0 Å². The standard InChI is InChI=1S/C66H45N3Si/c1-5-20-47(21-6-1)67-62-34-18-15-30-59(62)66-54(31-19-35-63(66)67)46-36-42-57-55-28-14-17-33-61(55)69(64(57)44-46)49-39-43-58-56-29-13-16-32-60(56)68(65(58)45-49)48-37-40-53(41-38-48)70(50-22-7-2-8-23-50,51-24-9-3-10-25-51)52-26-11-4-12-27-52/h1-45H. The van der Waals surface area contributed by atoms with E-state index in [1.807, 2.05) is 0 Å². The Kier molecular flexibility index (Phi) is 9.23. The first-order chi connectivity index (χ1) is 34.8. The van der Waals surface area contributed by atoms with Crippen LogP contribution >= 0.6 is 0 Å². The monoisotopic (exact) mass is 907 g/mol. The summed E-state index contributed by atoms with van der Waals surface area (Å²) in [6, 6.07) is 101. The smallest absolute Gasteiger partial charge is 0.179 e. The summed E-state index contributed by atoms with van der Waals surface area (Å²) in [5.41, 5.74) is 13.0. The fraction of sp³-hybridized carbons (Fsp3) is 0. The highest BCUT2D eigenvalue weighted by molar-refractivity contribution is 7.19. The summed E-state index contributed by atoms with van der Waals surface area (Å²) in [5, 5.41) is 12.9. The molecule has 3 aromatic heterocycles. The number of nitrogens with zero attached hydrogens (tertiary/aromatic N) is 3. The first kappa shape index (κ1) is 40.1. The lowest BCUT2D eigenvalue weighted by molar-refractivity contribution is 1.16. The Morgan fingerprint density at radius 3 is 1.20 bits per heavy atom. The van der Waals surface area contributed by atoms with Crippen LogP contribution in [0.3, 0.4) is 0 Å². The summed E-state index contributed by atoms with van der Waals surface area (Å²) in [7, 11) is -2.70. The van der Waals surface area contributed by atoms with Crippen LogP contribution in [0.1, 0.15) is 0 Å². The molecule has 3 heterocycles. The zero-order valence-corrected chi connectivity index (χ0v) is 39.3. The molecule has 0 aliphatic carbocycles. The van der Waals surface area contributed by atoms with Gasteiger partial charge in [0.05, 0.1) is 33.1 Å². The number of hydrogen-bond donors (Lipinski definition) is 0. The van der Waals surface area contributed by atoms with Gasteiger partial charge in [0.15, 0.2) is 8.07 Å².